The lowest BCUT2D eigenvalue weighted by Gasteiger charge is -2.08. The van der Waals surface area contributed by atoms with E-state index in [1.54, 1.807) is 24.3 Å². The van der Waals surface area contributed by atoms with E-state index >= 15 is 0 Å². The fraction of sp³-hybridized carbons (Fsp3) is 0.375. The number of primary amides is 1. The average Bonchev–Trinajstić information content (AvgIpc) is 2.58. The molecule has 9 nitrogen and oxygen atoms in total. The predicted molar refractivity (Wildman–Crippen MR) is 90.8 cm³/mol. The standard InChI is InChI=1S/C16H22N4O5/c17-15(23)18-8-2-1-3-14(22)20-13-6-4-12(5-7-13)11-25-16(24)19-9-10-21/h4-7,10H,1-3,8-9,11H2,(H,19,24)(H,20,22)(H3,17,18,23). The number of nitrogens with one attached hydrogen (secondary N) is 3. The molecule has 0 spiro atoms. The van der Waals surface area contributed by atoms with Crippen molar-refractivity contribution in [2.24, 2.45) is 5.73 Å². The van der Waals surface area contributed by atoms with E-state index in [0.717, 1.165) is 5.56 Å². The van der Waals surface area contributed by atoms with Gasteiger partial charge in [-0.05, 0) is 30.5 Å². The van der Waals surface area contributed by atoms with Crippen molar-refractivity contribution in [2.45, 2.75) is 25.9 Å². The quantitative estimate of drug-likeness (QED) is 0.366. The highest BCUT2D eigenvalue weighted by atomic mass is 16.5. The van der Waals surface area contributed by atoms with Crippen molar-refractivity contribution in [3.63, 3.8) is 0 Å². The van der Waals surface area contributed by atoms with Gasteiger partial charge < -0.3 is 31.2 Å². The lowest BCUT2D eigenvalue weighted by molar-refractivity contribution is -0.116. The summed E-state index contributed by atoms with van der Waals surface area (Å²) in [5.74, 6) is -0.128. The molecule has 0 saturated heterocycles. The Labute approximate surface area is 145 Å². The molecule has 0 heterocycles. The van der Waals surface area contributed by atoms with Crippen LogP contribution in [0.15, 0.2) is 24.3 Å². The highest BCUT2D eigenvalue weighted by Gasteiger charge is 2.04. The van der Waals surface area contributed by atoms with Crippen LogP contribution in [0.1, 0.15) is 24.8 Å². The first kappa shape index (κ1) is 19.9. The maximum absolute atomic E-state index is 11.8. The minimum absolute atomic E-state index is 0.0613. The molecule has 0 aliphatic carbocycles. The summed E-state index contributed by atoms with van der Waals surface area (Å²) in [7, 11) is 0. The number of urea groups is 1. The molecule has 1 aromatic carbocycles. The first-order valence-electron chi connectivity index (χ1n) is 7.77. The van der Waals surface area contributed by atoms with E-state index in [4.69, 9.17) is 10.5 Å². The van der Waals surface area contributed by atoms with Gasteiger partial charge in [-0.2, -0.15) is 0 Å². The van der Waals surface area contributed by atoms with Gasteiger partial charge in [0.15, 0.2) is 0 Å². The smallest absolute Gasteiger partial charge is 0.407 e. The third kappa shape index (κ3) is 9.59. The molecular formula is C16H22N4O5. The molecule has 0 saturated carbocycles. The van der Waals surface area contributed by atoms with E-state index in [1.165, 1.54) is 0 Å². The van der Waals surface area contributed by atoms with Gasteiger partial charge in [0.25, 0.3) is 0 Å². The third-order valence-corrected chi connectivity index (χ3v) is 3.07. The number of anilines is 1. The van der Waals surface area contributed by atoms with Gasteiger partial charge in [0, 0.05) is 18.7 Å². The number of unbranched alkanes of at least 4 members (excludes halogenated alkanes) is 1. The highest BCUT2D eigenvalue weighted by molar-refractivity contribution is 5.90. The number of alkyl carbamates (subject to hydrolysis) is 1. The molecule has 9 heteroatoms. The summed E-state index contributed by atoms with van der Waals surface area (Å²) < 4.78 is 4.91. The van der Waals surface area contributed by atoms with Crippen LogP contribution in [-0.2, 0) is 20.9 Å². The maximum atomic E-state index is 11.8. The number of aldehydes is 1. The molecule has 0 aromatic heterocycles. The molecular weight excluding hydrogens is 328 g/mol. The summed E-state index contributed by atoms with van der Waals surface area (Å²) in [5, 5.41) is 7.47. The predicted octanol–water partition coefficient (Wildman–Crippen LogP) is 0.889. The maximum Gasteiger partial charge on any atom is 0.407 e. The zero-order chi connectivity index (χ0) is 18.5. The second-order valence-corrected chi connectivity index (χ2v) is 5.12. The van der Waals surface area contributed by atoms with Crippen molar-refractivity contribution in [3.8, 4) is 0 Å². The SMILES string of the molecule is NC(=O)NCCCCC(=O)Nc1ccc(COC(=O)NCC=O)cc1. The van der Waals surface area contributed by atoms with Crippen molar-refractivity contribution in [3.05, 3.63) is 29.8 Å². The molecule has 25 heavy (non-hydrogen) atoms. The van der Waals surface area contributed by atoms with E-state index in [2.05, 4.69) is 16.0 Å². The third-order valence-electron chi connectivity index (χ3n) is 3.07. The summed E-state index contributed by atoms with van der Waals surface area (Å²) in [5.41, 5.74) is 6.31. The molecule has 136 valence electrons. The molecule has 0 aliphatic rings. The van der Waals surface area contributed by atoms with Gasteiger partial charge in [-0.25, -0.2) is 9.59 Å². The Morgan fingerprint density at radius 1 is 1.08 bits per heavy atom. The first-order chi connectivity index (χ1) is 12.0. The molecule has 0 radical (unpaired) electrons. The molecule has 4 amide bonds. The molecule has 0 bridgehead atoms. The fourth-order valence-electron chi connectivity index (χ4n) is 1.85. The number of nitrogens with two attached hydrogens (primary N) is 1. The van der Waals surface area contributed by atoms with Crippen LogP contribution in [0.25, 0.3) is 0 Å². The molecule has 0 fully saturated rings. The second-order valence-electron chi connectivity index (χ2n) is 5.12. The molecule has 0 aliphatic heterocycles. The number of hydrogen-bond donors (Lipinski definition) is 4. The monoisotopic (exact) mass is 350 g/mol. The molecule has 5 N–H and O–H groups in total. The van der Waals surface area contributed by atoms with Crippen molar-refractivity contribution in [2.75, 3.05) is 18.4 Å². The number of amides is 4. The highest BCUT2D eigenvalue weighted by Crippen LogP contribution is 2.11. The van der Waals surface area contributed by atoms with Gasteiger partial charge in [0.05, 0.1) is 6.54 Å². The summed E-state index contributed by atoms with van der Waals surface area (Å²) in [6.45, 7) is 0.409. The van der Waals surface area contributed by atoms with Crippen LogP contribution >= 0.6 is 0 Å². The largest absolute Gasteiger partial charge is 0.445 e. The van der Waals surface area contributed by atoms with Crippen molar-refractivity contribution >= 4 is 30.0 Å². The zero-order valence-electron chi connectivity index (χ0n) is 13.7. The van der Waals surface area contributed by atoms with Gasteiger partial charge in [0.1, 0.15) is 12.9 Å². The number of carbonyl (C=O) groups is 4. The second kappa shape index (κ2) is 11.4. The summed E-state index contributed by atoms with van der Waals surface area (Å²) >= 11 is 0. The number of carbonyl (C=O) groups excluding carboxylic acids is 4. The number of rotatable bonds is 10. The van der Waals surface area contributed by atoms with Crippen molar-refractivity contribution in [1.29, 1.82) is 0 Å². The molecule has 0 atom stereocenters. The van der Waals surface area contributed by atoms with Crippen LogP contribution in [0, 0.1) is 0 Å². The van der Waals surface area contributed by atoms with E-state index < -0.39 is 12.1 Å². The van der Waals surface area contributed by atoms with Crippen LogP contribution < -0.4 is 21.7 Å². The Hall–Kier alpha value is -3.10. The number of benzene rings is 1. The number of ether oxygens (including phenoxy) is 1. The lowest BCUT2D eigenvalue weighted by atomic mass is 10.2. The molecule has 0 unspecified atom stereocenters. The Kier molecular flexibility index (Phi) is 9.13. The minimum Gasteiger partial charge on any atom is -0.445 e. The van der Waals surface area contributed by atoms with Gasteiger partial charge in [-0.3, -0.25) is 4.79 Å². The summed E-state index contributed by atoms with van der Waals surface area (Å²) in [6, 6.07) is 6.27. The Balaban J connectivity index is 2.26. The van der Waals surface area contributed by atoms with Gasteiger partial charge >= 0.3 is 12.1 Å². The number of hydrogen-bond acceptors (Lipinski definition) is 5. The van der Waals surface area contributed by atoms with Crippen molar-refractivity contribution < 1.29 is 23.9 Å². The average molecular weight is 350 g/mol. The summed E-state index contributed by atoms with van der Waals surface area (Å²) in [4.78, 5) is 43.6. The molecule has 1 aromatic rings. The fourth-order valence-corrected chi connectivity index (χ4v) is 1.85. The Morgan fingerprint density at radius 2 is 1.80 bits per heavy atom. The Morgan fingerprint density at radius 3 is 2.44 bits per heavy atom. The topological polar surface area (TPSA) is 140 Å². The van der Waals surface area contributed by atoms with Crippen LogP contribution in [0.3, 0.4) is 0 Å². The Bertz CT molecular complexity index is 589. The first-order valence-corrected chi connectivity index (χ1v) is 7.77. The minimum atomic E-state index is -0.671. The van der Waals surface area contributed by atoms with Crippen LogP contribution in [-0.4, -0.2) is 37.4 Å². The van der Waals surface area contributed by atoms with Crippen LogP contribution in [0.2, 0.25) is 0 Å². The van der Waals surface area contributed by atoms with E-state index in [-0.39, 0.29) is 19.1 Å². The van der Waals surface area contributed by atoms with Gasteiger partial charge in [-0.1, -0.05) is 12.1 Å². The molecule has 1 rings (SSSR count). The van der Waals surface area contributed by atoms with Crippen molar-refractivity contribution in [1.82, 2.24) is 10.6 Å². The van der Waals surface area contributed by atoms with E-state index in [0.29, 0.717) is 37.8 Å². The van der Waals surface area contributed by atoms with Gasteiger partial charge in [-0.15, -0.1) is 0 Å². The van der Waals surface area contributed by atoms with E-state index in [1.807, 2.05) is 0 Å². The summed E-state index contributed by atoms with van der Waals surface area (Å²) in [6.07, 6.45) is 1.53. The van der Waals surface area contributed by atoms with Crippen LogP contribution in [0.4, 0.5) is 15.3 Å². The van der Waals surface area contributed by atoms with Gasteiger partial charge in [0.2, 0.25) is 5.91 Å². The normalized spacial score (nSPS) is 9.76. The lowest BCUT2D eigenvalue weighted by Crippen LogP contribution is -2.30. The van der Waals surface area contributed by atoms with Crippen LogP contribution in [0.5, 0.6) is 0 Å². The zero-order valence-corrected chi connectivity index (χ0v) is 13.7. The van der Waals surface area contributed by atoms with E-state index in [9.17, 15) is 19.2 Å².